The van der Waals surface area contributed by atoms with Crippen molar-refractivity contribution >= 4 is 5.69 Å². The molecule has 20 heavy (non-hydrogen) atoms. The Bertz CT molecular complexity index is 415. The van der Waals surface area contributed by atoms with Crippen molar-refractivity contribution in [2.24, 2.45) is 5.41 Å². The predicted molar refractivity (Wildman–Crippen MR) is 88.4 cm³/mol. The molecule has 1 aliphatic rings. The highest BCUT2D eigenvalue weighted by molar-refractivity contribution is 5.52. The van der Waals surface area contributed by atoms with Crippen LogP contribution in [0.3, 0.4) is 0 Å². The zero-order valence-electron chi connectivity index (χ0n) is 13.6. The molecule has 1 fully saturated rings. The number of anilines is 1. The molecule has 1 aliphatic heterocycles. The Morgan fingerprint density at radius 2 is 1.90 bits per heavy atom. The Hall–Kier alpha value is -1.02. The first-order chi connectivity index (χ1) is 9.64. The van der Waals surface area contributed by atoms with E-state index >= 15 is 0 Å². The lowest BCUT2D eigenvalue weighted by Crippen LogP contribution is -2.55. The lowest BCUT2D eigenvalue weighted by Gasteiger charge is -2.51. The number of rotatable bonds is 7. The van der Waals surface area contributed by atoms with Crippen LogP contribution in [0.25, 0.3) is 0 Å². The minimum absolute atomic E-state index is 0.443. The lowest BCUT2D eigenvalue weighted by atomic mass is 9.75. The molecule has 1 unspecified atom stereocenters. The van der Waals surface area contributed by atoms with Gasteiger partial charge in [0.15, 0.2) is 0 Å². The third-order valence-corrected chi connectivity index (χ3v) is 4.99. The highest BCUT2D eigenvalue weighted by Gasteiger charge is 2.39. The van der Waals surface area contributed by atoms with Crippen molar-refractivity contribution in [2.75, 3.05) is 24.5 Å². The van der Waals surface area contributed by atoms with Crippen LogP contribution in [0.15, 0.2) is 24.3 Å². The van der Waals surface area contributed by atoms with E-state index < -0.39 is 0 Å². The Morgan fingerprint density at radius 1 is 1.20 bits per heavy atom. The molecule has 1 N–H and O–H groups in total. The number of nitrogens with zero attached hydrogens (tertiary/aromatic N) is 1. The third kappa shape index (κ3) is 3.17. The summed E-state index contributed by atoms with van der Waals surface area (Å²) >= 11 is 0. The highest BCUT2D eigenvalue weighted by Crippen LogP contribution is 2.40. The van der Waals surface area contributed by atoms with Gasteiger partial charge in [0.05, 0.1) is 0 Å². The van der Waals surface area contributed by atoms with Gasteiger partial charge in [-0.25, -0.2) is 0 Å². The maximum Gasteiger partial charge on any atom is 0.0369 e. The Morgan fingerprint density at radius 3 is 2.50 bits per heavy atom. The second-order valence-corrected chi connectivity index (χ2v) is 6.33. The van der Waals surface area contributed by atoms with E-state index in [1.54, 1.807) is 0 Å². The van der Waals surface area contributed by atoms with Crippen molar-refractivity contribution in [1.29, 1.82) is 0 Å². The van der Waals surface area contributed by atoms with Gasteiger partial charge in [0, 0.05) is 30.2 Å². The standard InChI is InChI=1S/C18H30N2/c1-5-11-19-15(4)16-9-8-10-17(12-16)20-13-18(6-2,7-3)14-20/h8-10,12,15,19H,5-7,11,13-14H2,1-4H3. The molecule has 0 bridgehead atoms. The molecule has 0 saturated carbocycles. The SMILES string of the molecule is CCCNC(C)c1cccc(N2CC(CC)(CC)C2)c1. The topological polar surface area (TPSA) is 15.3 Å². The molecule has 0 spiro atoms. The van der Waals surface area contributed by atoms with Crippen LogP contribution < -0.4 is 10.2 Å². The molecule has 112 valence electrons. The summed E-state index contributed by atoms with van der Waals surface area (Å²) in [5, 5.41) is 3.57. The Labute approximate surface area is 124 Å². The van der Waals surface area contributed by atoms with E-state index in [9.17, 15) is 0 Å². The second kappa shape index (κ2) is 6.62. The van der Waals surface area contributed by atoms with Gasteiger partial charge in [0.1, 0.15) is 0 Å². The molecule has 0 aromatic heterocycles. The summed E-state index contributed by atoms with van der Waals surface area (Å²) in [4.78, 5) is 2.53. The molecule has 2 heteroatoms. The van der Waals surface area contributed by atoms with Gasteiger partial charge in [-0.05, 0) is 50.4 Å². The van der Waals surface area contributed by atoms with E-state index in [4.69, 9.17) is 0 Å². The number of nitrogens with one attached hydrogen (secondary N) is 1. The van der Waals surface area contributed by atoms with Crippen molar-refractivity contribution in [1.82, 2.24) is 5.32 Å². The zero-order chi connectivity index (χ0) is 14.6. The number of hydrogen-bond acceptors (Lipinski definition) is 2. The van der Waals surface area contributed by atoms with Crippen LogP contribution in [0.1, 0.15) is 58.6 Å². The third-order valence-electron chi connectivity index (χ3n) is 4.99. The van der Waals surface area contributed by atoms with Gasteiger partial charge in [-0.15, -0.1) is 0 Å². The van der Waals surface area contributed by atoms with Crippen molar-refractivity contribution in [2.45, 2.75) is 53.0 Å². The fourth-order valence-electron chi connectivity index (χ4n) is 3.11. The molecule has 1 aromatic rings. The molecule has 1 atom stereocenters. The maximum absolute atomic E-state index is 3.57. The summed E-state index contributed by atoms with van der Waals surface area (Å²) in [5.41, 5.74) is 3.37. The molecular formula is C18H30N2. The first kappa shape index (κ1) is 15.4. The average molecular weight is 274 g/mol. The van der Waals surface area contributed by atoms with Gasteiger partial charge in [0.2, 0.25) is 0 Å². The first-order valence-corrected chi connectivity index (χ1v) is 8.22. The van der Waals surface area contributed by atoms with E-state index in [1.807, 2.05) is 0 Å². The molecule has 2 rings (SSSR count). The summed E-state index contributed by atoms with van der Waals surface area (Å²) in [6.45, 7) is 12.7. The van der Waals surface area contributed by atoms with Crippen molar-refractivity contribution in [3.63, 3.8) is 0 Å². The average Bonchev–Trinajstić information content (AvgIpc) is 2.45. The fourth-order valence-corrected chi connectivity index (χ4v) is 3.11. The summed E-state index contributed by atoms with van der Waals surface area (Å²) in [5.74, 6) is 0. The van der Waals surface area contributed by atoms with Gasteiger partial charge >= 0.3 is 0 Å². The predicted octanol–water partition coefficient (Wildman–Crippen LogP) is 4.37. The van der Waals surface area contributed by atoms with Crippen molar-refractivity contribution < 1.29 is 0 Å². The van der Waals surface area contributed by atoms with E-state index in [0.717, 1.165) is 6.54 Å². The summed E-state index contributed by atoms with van der Waals surface area (Å²) in [6, 6.07) is 9.50. The molecule has 0 aliphatic carbocycles. The smallest absolute Gasteiger partial charge is 0.0369 e. The van der Waals surface area contributed by atoms with Crippen LogP contribution in [-0.4, -0.2) is 19.6 Å². The second-order valence-electron chi connectivity index (χ2n) is 6.33. The fraction of sp³-hybridized carbons (Fsp3) is 0.667. The zero-order valence-corrected chi connectivity index (χ0v) is 13.6. The molecule has 0 radical (unpaired) electrons. The molecule has 1 aromatic carbocycles. The van der Waals surface area contributed by atoms with Crippen molar-refractivity contribution in [3.05, 3.63) is 29.8 Å². The van der Waals surface area contributed by atoms with E-state index in [1.165, 1.54) is 43.6 Å². The first-order valence-electron chi connectivity index (χ1n) is 8.22. The van der Waals surface area contributed by atoms with E-state index in [-0.39, 0.29) is 0 Å². The molecule has 0 amide bonds. The van der Waals surface area contributed by atoms with E-state index in [2.05, 4.69) is 62.2 Å². The Kier molecular flexibility index (Phi) is 5.09. The maximum atomic E-state index is 3.57. The van der Waals surface area contributed by atoms with Crippen molar-refractivity contribution in [3.8, 4) is 0 Å². The highest BCUT2D eigenvalue weighted by atomic mass is 15.2. The summed E-state index contributed by atoms with van der Waals surface area (Å²) < 4.78 is 0. The number of hydrogen-bond donors (Lipinski definition) is 1. The van der Waals surface area contributed by atoms with Gasteiger partial charge in [0.25, 0.3) is 0 Å². The summed E-state index contributed by atoms with van der Waals surface area (Å²) in [6.07, 6.45) is 3.79. The van der Waals surface area contributed by atoms with Gasteiger partial charge in [-0.2, -0.15) is 0 Å². The van der Waals surface area contributed by atoms with Crippen LogP contribution in [-0.2, 0) is 0 Å². The Balaban J connectivity index is 2.01. The molecular weight excluding hydrogens is 244 g/mol. The van der Waals surface area contributed by atoms with Crippen LogP contribution >= 0.6 is 0 Å². The molecule has 1 saturated heterocycles. The molecule has 1 heterocycles. The van der Waals surface area contributed by atoms with Gasteiger partial charge in [-0.1, -0.05) is 32.9 Å². The normalized spacial score (nSPS) is 18.7. The van der Waals surface area contributed by atoms with Crippen LogP contribution in [0.4, 0.5) is 5.69 Å². The van der Waals surface area contributed by atoms with Crippen LogP contribution in [0.5, 0.6) is 0 Å². The minimum atomic E-state index is 0.443. The van der Waals surface area contributed by atoms with Gasteiger partial charge in [-0.3, -0.25) is 0 Å². The van der Waals surface area contributed by atoms with Gasteiger partial charge < -0.3 is 10.2 Å². The summed E-state index contributed by atoms with van der Waals surface area (Å²) in [7, 11) is 0. The van der Waals surface area contributed by atoms with E-state index in [0.29, 0.717) is 11.5 Å². The molecule has 2 nitrogen and oxygen atoms in total. The monoisotopic (exact) mass is 274 g/mol. The van der Waals surface area contributed by atoms with Crippen LogP contribution in [0, 0.1) is 5.41 Å². The van der Waals surface area contributed by atoms with Crippen LogP contribution in [0.2, 0.25) is 0 Å². The quantitative estimate of drug-likeness (QED) is 0.794. The minimum Gasteiger partial charge on any atom is -0.370 e. The number of benzene rings is 1. The lowest BCUT2D eigenvalue weighted by molar-refractivity contribution is 0.194. The largest absolute Gasteiger partial charge is 0.370 e.